The fourth-order valence-corrected chi connectivity index (χ4v) is 4.87. The molecule has 0 aliphatic carbocycles. The van der Waals surface area contributed by atoms with Crippen LogP contribution in [-0.4, -0.2) is 31.1 Å². The highest BCUT2D eigenvalue weighted by Crippen LogP contribution is 2.40. The molecule has 1 aliphatic heterocycles. The van der Waals surface area contributed by atoms with Gasteiger partial charge in [-0.25, -0.2) is 4.39 Å². The zero-order valence-electron chi connectivity index (χ0n) is 16.4. The minimum atomic E-state index is -0.192. The Hall–Kier alpha value is -2.34. The fraction of sp³-hybridized carbons (Fsp3) is 0.409. The molecule has 1 fully saturated rings. The lowest BCUT2D eigenvalue weighted by atomic mass is 9.91. The number of ether oxygens (including phenoxy) is 1. The monoisotopic (exact) mass is 399 g/mol. The van der Waals surface area contributed by atoms with E-state index in [9.17, 15) is 4.39 Å². The standard InChI is InChI=1S/C22H26FN3OS/c1-3-13-27-19-6-4-5-18(22(19)24-2)26-11-9-15(10-12-26)21-17-8-7-16(23)14-20(17)28-25-21/h4-8,14-15,24H,3,9-13H2,1-2H3. The molecule has 0 amide bonds. The second-order valence-electron chi connectivity index (χ2n) is 7.22. The molecule has 1 aliphatic rings. The lowest BCUT2D eigenvalue weighted by molar-refractivity contribution is 0.319. The molecule has 1 saturated heterocycles. The van der Waals surface area contributed by atoms with Gasteiger partial charge in [0.15, 0.2) is 0 Å². The fourth-order valence-electron chi connectivity index (χ4n) is 3.99. The van der Waals surface area contributed by atoms with Crippen LogP contribution in [0.5, 0.6) is 5.75 Å². The van der Waals surface area contributed by atoms with Crippen LogP contribution in [0.25, 0.3) is 10.1 Å². The van der Waals surface area contributed by atoms with Gasteiger partial charge >= 0.3 is 0 Å². The quantitative estimate of drug-likeness (QED) is 0.581. The molecule has 2 aromatic carbocycles. The van der Waals surface area contributed by atoms with E-state index >= 15 is 0 Å². The van der Waals surface area contributed by atoms with Crippen molar-refractivity contribution in [3.05, 3.63) is 47.9 Å². The van der Waals surface area contributed by atoms with E-state index in [4.69, 9.17) is 4.74 Å². The molecule has 0 atom stereocenters. The second-order valence-corrected chi connectivity index (χ2v) is 8.02. The van der Waals surface area contributed by atoms with Gasteiger partial charge in [-0.1, -0.05) is 13.0 Å². The van der Waals surface area contributed by atoms with Crippen LogP contribution in [0, 0.1) is 5.82 Å². The van der Waals surface area contributed by atoms with E-state index in [1.807, 2.05) is 19.2 Å². The van der Waals surface area contributed by atoms with Crippen molar-refractivity contribution in [2.24, 2.45) is 0 Å². The van der Waals surface area contributed by atoms with Gasteiger partial charge in [-0.05, 0) is 61.1 Å². The number of piperidine rings is 1. The van der Waals surface area contributed by atoms with Crippen LogP contribution in [0.3, 0.4) is 0 Å². The lowest BCUT2D eigenvalue weighted by Gasteiger charge is -2.34. The van der Waals surface area contributed by atoms with Crippen molar-refractivity contribution >= 4 is 33.0 Å². The highest BCUT2D eigenvalue weighted by molar-refractivity contribution is 7.13. The van der Waals surface area contributed by atoms with Gasteiger partial charge in [0.1, 0.15) is 17.3 Å². The molecule has 1 N–H and O–H groups in total. The average Bonchev–Trinajstić information content (AvgIpc) is 3.15. The van der Waals surface area contributed by atoms with Crippen LogP contribution < -0.4 is 15.0 Å². The summed E-state index contributed by atoms with van der Waals surface area (Å²) < 4.78 is 25.0. The van der Waals surface area contributed by atoms with Gasteiger partial charge in [0.05, 0.1) is 22.7 Å². The first-order chi connectivity index (χ1) is 13.7. The second kappa shape index (κ2) is 8.35. The molecular weight excluding hydrogens is 373 g/mol. The van der Waals surface area contributed by atoms with E-state index in [1.54, 1.807) is 6.07 Å². The van der Waals surface area contributed by atoms with Crippen LogP contribution in [-0.2, 0) is 0 Å². The number of para-hydroxylation sites is 1. The van der Waals surface area contributed by atoms with Crippen molar-refractivity contribution in [3.63, 3.8) is 0 Å². The minimum absolute atomic E-state index is 0.192. The van der Waals surface area contributed by atoms with Gasteiger partial charge in [0, 0.05) is 31.4 Å². The third kappa shape index (κ3) is 3.65. The van der Waals surface area contributed by atoms with Crippen molar-refractivity contribution in [3.8, 4) is 5.75 Å². The van der Waals surface area contributed by atoms with Crippen LogP contribution in [0.4, 0.5) is 15.8 Å². The molecular formula is C22H26FN3OS. The first-order valence-electron chi connectivity index (χ1n) is 9.94. The number of halogens is 1. The summed E-state index contributed by atoms with van der Waals surface area (Å²) in [6, 6.07) is 11.3. The van der Waals surface area contributed by atoms with E-state index in [1.165, 1.54) is 23.3 Å². The van der Waals surface area contributed by atoms with Gasteiger partial charge in [-0.3, -0.25) is 0 Å². The Morgan fingerprint density at radius 3 is 2.82 bits per heavy atom. The maximum Gasteiger partial charge on any atom is 0.144 e. The van der Waals surface area contributed by atoms with Crippen molar-refractivity contribution in [1.29, 1.82) is 0 Å². The molecule has 2 heterocycles. The number of hydrogen-bond acceptors (Lipinski definition) is 5. The Labute approximate surface area is 169 Å². The summed E-state index contributed by atoms with van der Waals surface area (Å²) in [7, 11) is 1.95. The summed E-state index contributed by atoms with van der Waals surface area (Å²) in [6.45, 7) is 4.77. The molecule has 4 nitrogen and oxygen atoms in total. The van der Waals surface area contributed by atoms with E-state index in [-0.39, 0.29) is 5.82 Å². The molecule has 4 rings (SSSR count). The van der Waals surface area contributed by atoms with Gasteiger partial charge in [-0.2, -0.15) is 4.37 Å². The predicted octanol–water partition coefficient (Wildman–Crippen LogP) is 5.65. The third-order valence-electron chi connectivity index (χ3n) is 5.40. The van der Waals surface area contributed by atoms with E-state index in [0.29, 0.717) is 5.92 Å². The molecule has 6 heteroatoms. The summed E-state index contributed by atoms with van der Waals surface area (Å²) in [4.78, 5) is 2.43. The van der Waals surface area contributed by atoms with Crippen LogP contribution in [0.15, 0.2) is 36.4 Å². The van der Waals surface area contributed by atoms with Crippen molar-refractivity contribution in [2.45, 2.75) is 32.1 Å². The number of nitrogens with one attached hydrogen (secondary N) is 1. The molecule has 28 heavy (non-hydrogen) atoms. The van der Waals surface area contributed by atoms with E-state index in [2.05, 4.69) is 33.6 Å². The number of rotatable bonds is 6. The van der Waals surface area contributed by atoms with Crippen molar-refractivity contribution < 1.29 is 9.13 Å². The van der Waals surface area contributed by atoms with Crippen LogP contribution >= 0.6 is 11.5 Å². The molecule has 0 saturated carbocycles. The SMILES string of the molecule is CCCOc1cccc(N2CCC(c3nsc4cc(F)ccc34)CC2)c1NC. The summed E-state index contributed by atoms with van der Waals surface area (Å²) in [5.74, 6) is 1.15. The van der Waals surface area contributed by atoms with Gasteiger partial charge in [-0.15, -0.1) is 0 Å². The van der Waals surface area contributed by atoms with E-state index < -0.39 is 0 Å². The minimum Gasteiger partial charge on any atom is -0.491 e. The molecule has 0 unspecified atom stereocenters. The summed E-state index contributed by atoms with van der Waals surface area (Å²) >= 11 is 1.40. The molecule has 0 bridgehead atoms. The topological polar surface area (TPSA) is 37.4 Å². The van der Waals surface area contributed by atoms with Crippen molar-refractivity contribution in [2.75, 3.05) is 37.0 Å². The maximum atomic E-state index is 13.5. The Balaban J connectivity index is 1.51. The largest absolute Gasteiger partial charge is 0.491 e. The number of fused-ring (bicyclic) bond motifs is 1. The number of anilines is 2. The summed E-state index contributed by atoms with van der Waals surface area (Å²) in [5, 5.41) is 4.43. The van der Waals surface area contributed by atoms with Gasteiger partial charge in [0.2, 0.25) is 0 Å². The number of aromatic nitrogens is 1. The average molecular weight is 400 g/mol. The van der Waals surface area contributed by atoms with Gasteiger partial charge < -0.3 is 15.0 Å². The Morgan fingerprint density at radius 1 is 1.25 bits per heavy atom. The number of hydrogen-bond donors (Lipinski definition) is 1. The summed E-state index contributed by atoms with van der Waals surface area (Å²) in [6.07, 6.45) is 3.07. The van der Waals surface area contributed by atoms with Crippen LogP contribution in [0.2, 0.25) is 0 Å². The smallest absolute Gasteiger partial charge is 0.144 e. The first-order valence-corrected chi connectivity index (χ1v) is 10.7. The molecule has 148 valence electrons. The Kier molecular flexibility index (Phi) is 5.67. The number of nitrogens with zero attached hydrogens (tertiary/aromatic N) is 2. The zero-order valence-corrected chi connectivity index (χ0v) is 17.2. The van der Waals surface area contributed by atoms with Crippen molar-refractivity contribution in [1.82, 2.24) is 4.37 Å². The zero-order chi connectivity index (χ0) is 19.5. The normalized spacial score (nSPS) is 15.2. The first kappa shape index (κ1) is 19.0. The van der Waals surface area contributed by atoms with E-state index in [0.717, 1.165) is 66.2 Å². The highest BCUT2D eigenvalue weighted by atomic mass is 32.1. The molecule has 3 aromatic rings. The molecule has 0 spiro atoms. The predicted molar refractivity (Wildman–Crippen MR) is 116 cm³/mol. The Bertz CT molecular complexity index is 950. The highest BCUT2D eigenvalue weighted by Gasteiger charge is 2.26. The summed E-state index contributed by atoms with van der Waals surface area (Å²) in [5.41, 5.74) is 3.39. The molecule has 1 aromatic heterocycles. The maximum absolute atomic E-state index is 13.5. The van der Waals surface area contributed by atoms with Gasteiger partial charge in [0.25, 0.3) is 0 Å². The third-order valence-corrected chi connectivity index (χ3v) is 6.22. The lowest BCUT2D eigenvalue weighted by Crippen LogP contribution is -2.33. The Morgan fingerprint density at radius 2 is 2.07 bits per heavy atom. The number of benzene rings is 2. The van der Waals surface area contributed by atoms with Crippen LogP contribution in [0.1, 0.15) is 37.8 Å². The molecule has 0 radical (unpaired) electrons.